The summed E-state index contributed by atoms with van der Waals surface area (Å²) in [5.41, 5.74) is -0.351. The lowest BCUT2D eigenvalue weighted by Gasteiger charge is -2.19. The first kappa shape index (κ1) is 13.5. The van der Waals surface area contributed by atoms with Gasteiger partial charge in [-0.3, -0.25) is 0 Å². The molecule has 14 heavy (non-hydrogen) atoms. The Balaban J connectivity index is 3.75. The van der Waals surface area contributed by atoms with Gasteiger partial charge in [0, 0.05) is 5.75 Å². The molecule has 0 heterocycles. The summed E-state index contributed by atoms with van der Waals surface area (Å²) in [4.78, 5) is 0. The molecule has 0 aliphatic carbocycles. The van der Waals surface area contributed by atoms with Crippen molar-refractivity contribution in [3.63, 3.8) is 0 Å². The summed E-state index contributed by atoms with van der Waals surface area (Å²) in [5, 5.41) is 3.10. The van der Waals surface area contributed by atoms with E-state index in [4.69, 9.17) is 6.42 Å². The van der Waals surface area contributed by atoms with Crippen LogP contribution in [0.4, 0.5) is 0 Å². The second-order valence-electron chi connectivity index (χ2n) is 3.79. The van der Waals surface area contributed by atoms with Gasteiger partial charge in [0.1, 0.15) is 9.84 Å². The SMILES string of the molecule is C#CC(C)(C)NCCCS(=O)(=O)CC. The molecule has 0 bridgehead atoms. The summed E-state index contributed by atoms with van der Waals surface area (Å²) in [6, 6.07) is 0. The Labute approximate surface area is 87.2 Å². The van der Waals surface area contributed by atoms with Gasteiger partial charge in [0.15, 0.2) is 0 Å². The van der Waals surface area contributed by atoms with Gasteiger partial charge in [0.2, 0.25) is 0 Å². The molecule has 0 atom stereocenters. The van der Waals surface area contributed by atoms with Gasteiger partial charge in [-0.1, -0.05) is 12.8 Å². The molecule has 0 aliphatic heterocycles. The molecule has 0 unspecified atom stereocenters. The Morgan fingerprint density at radius 1 is 1.43 bits per heavy atom. The van der Waals surface area contributed by atoms with Crippen LogP contribution in [-0.2, 0) is 9.84 Å². The largest absolute Gasteiger partial charge is 0.302 e. The molecule has 0 amide bonds. The quantitative estimate of drug-likeness (QED) is 0.529. The van der Waals surface area contributed by atoms with E-state index in [9.17, 15) is 8.42 Å². The van der Waals surface area contributed by atoms with Crippen LogP contribution in [-0.4, -0.2) is 32.0 Å². The van der Waals surface area contributed by atoms with Crippen LogP contribution in [0.5, 0.6) is 0 Å². The van der Waals surface area contributed by atoms with Gasteiger partial charge in [-0.05, 0) is 26.8 Å². The summed E-state index contributed by atoms with van der Waals surface area (Å²) in [6.45, 7) is 6.08. The maximum Gasteiger partial charge on any atom is 0.150 e. The average molecular weight is 217 g/mol. The van der Waals surface area contributed by atoms with Crippen LogP contribution in [0.25, 0.3) is 0 Å². The molecule has 0 aliphatic rings. The fraction of sp³-hybridized carbons (Fsp3) is 0.800. The fourth-order valence-corrected chi connectivity index (χ4v) is 1.76. The third-order valence-electron chi connectivity index (χ3n) is 2.00. The first-order chi connectivity index (χ1) is 6.33. The van der Waals surface area contributed by atoms with Crippen LogP contribution >= 0.6 is 0 Å². The number of rotatable bonds is 6. The Kier molecular flexibility index (Phi) is 5.17. The zero-order valence-electron chi connectivity index (χ0n) is 9.13. The van der Waals surface area contributed by atoms with Crippen molar-refractivity contribution in [1.82, 2.24) is 5.32 Å². The van der Waals surface area contributed by atoms with Crippen LogP contribution in [0.3, 0.4) is 0 Å². The third-order valence-corrected chi connectivity index (χ3v) is 3.79. The van der Waals surface area contributed by atoms with Crippen molar-refractivity contribution in [2.24, 2.45) is 0 Å². The van der Waals surface area contributed by atoms with E-state index in [2.05, 4.69) is 11.2 Å². The highest BCUT2D eigenvalue weighted by atomic mass is 32.2. The first-order valence-electron chi connectivity index (χ1n) is 4.76. The van der Waals surface area contributed by atoms with E-state index in [-0.39, 0.29) is 17.0 Å². The normalized spacial score (nSPS) is 12.4. The molecule has 0 spiro atoms. The molecule has 3 nitrogen and oxygen atoms in total. The lowest BCUT2D eigenvalue weighted by atomic mass is 10.1. The van der Waals surface area contributed by atoms with Crippen LogP contribution < -0.4 is 5.32 Å². The van der Waals surface area contributed by atoms with Gasteiger partial charge in [-0.25, -0.2) is 8.42 Å². The molecule has 0 saturated carbocycles. The lowest BCUT2D eigenvalue weighted by Crippen LogP contribution is -2.38. The summed E-state index contributed by atoms with van der Waals surface area (Å²) in [7, 11) is -2.84. The van der Waals surface area contributed by atoms with Gasteiger partial charge in [-0.2, -0.15) is 0 Å². The Morgan fingerprint density at radius 2 is 2.00 bits per heavy atom. The maximum absolute atomic E-state index is 11.1. The molecule has 1 N–H and O–H groups in total. The van der Waals surface area contributed by atoms with Crippen molar-refractivity contribution in [2.45, 2.75) is 32.7 Å². The van der Waals surface area contributed by atoms with Crippen LogP contribution in [0, 0.1) is 12.3 Å². The molecular formula is C10H19NO2S. The highest BCUT2D eigenvalue weighted by Crippen LogP contribution is 1.99. The predicted molar refractivity (Wildman–Crippen MR) is 59.9 cm³/mol. The van der Waals surface area contributed by atoms with Gasteiger partial charge >= 0.3 is 0 Å². The molecule has 82 valence electrons. The lowest BCUT2D eigenvalue weighted by molar-refractivity contribution is 0.490. The minimum Gasteiger partial charge on any atom is -0.302 e. The van der Waals surface area contributed by atoms with E-state index in [1.165, 1.54) is 0 Å². The Bertz CT molecular complexity index is 299. The number of sulfone groups is 1. The number of nitrogens with one attached hydrogen (secondary N) is 1. The molecule has 0 rings (SSSR count). The Morgan fingerprint density at radius 3 is 2.43 bits per heavy atom. The molecule has 4 heteroatoms. The molecular weight excluding hydrogens is 198 g/mol. The van der Waals surface area contributed by atoms with E-state index < -0.39 is 9.84 Å². The van der Waals surface area contributed by atoms with E-state index in [1.54, 1.807) is 6.92 Å². The smallest absolute Gasteiger partial charge is 0.150 e. The second kappa shape index (κ2) is 5.38. The topological polar surface area (TPSA) is 46.2 Å². The third kappa shape index (κ3) is 6.01. The molecule has 0 radical (unpaired) electrons. The molecule has 0 aromatic rings. The van der Waals surface area contributed by atoms with Crippen molar-refractivity contribution in [1.29, 1.82) is 0 Å². The number of hydrogen-bond acceptors (Lipinski definition) is 3. The van der Waals surface area contributed by atoms with Gasteiger partial charge in [-0.15, -0.1) is 6.42 Å². The van der Waals surface area contributed by atoms with E-state index >= 15 is 0 Å². The summed E-state index contributed by atoms with van der Waals surface area (Å²) in [6.07, 6.45) is 5.88. The van der Waals surface area contributed by atoms with E-state index in [1.807, 2.05) is 13.8 Å². The minimum absolute atomic E-state index is 0.214. The number of hydrogen-bond donors (Lipinski definition) is 1. The van der Waals surface area contributed by atoms with Crippen molar-refractivity contribution in [3.05, 3.63) is 0 Å². The minimum atomic E-state index is -2.84. The van der Waals surface area contributed by atoms with Gasteiger partial charge < -0.3 is 5.32 Å². The fourth-order valence-electron chi connectivity index (χ4n) is 0.888. The maximum atomic E-state index is 11.1. The average Bonchev–Trinajstić information content (AvgIpc) is 2.13. The summed E-state index contributed by atoms with van der Waals surface area (Å²) < 4.78 is 22.3. The zero-order valence-corrected chi connectivity index (χ0v) is 9.95. The van der Waals surface area contributed by atoms with Gasteiger partial charge in [0.05, 0.1) is 11.3 Å². The molecule has 0 fully saturated rings. The highest BCUT2D eigenvalue weighted by molar-refractivity contribution is 7.91. The molecule has 0 aromatic heterocycles. The molecule has 0 aromatic carbocycles. The molecule has 0 saturated heterocycles. The predicted octanol–water partition coefficient (Wildman–Crippen LogP) is 0.813. The number of terminal acetylenes is 1. The van der Waals surface area contributed by atoms with Crippen molar-refractivity contribution < 1.29 is 8.42 Å². The van der Waals surface area contributed by atoms with Crippen LogP contribution in [0.2, 0.25) is 0 Å². The Hall–Kier alpha value is -0.530. The first-order valence-corrected chi connectivity index (χ1v) is 6.58. The standard InChI is InChI=1S/C10H19NO2S/c1-5-10(3,4)11-8-7-9-14(12,13)6-2/h1,11H,6-9H2,2-4H3. The summed E-state index contributed by atoms with van der Waals surface area (Å²) >= 11 is 0. The monoisotopic (exact) mass is 217 g/mol. The van der Waals surface area contributed by atoms with Crippen LogP contribution in [0.15, 0.2) is 0 Å². The van der Waals surface area contributed by atoms with Gasteiger partial charge in [0.25, 0.3) is 0 Å². The highest BCUT2D eigenvalue weighted by Gasteiger charge is 2.12. The zero-order chi connectivity index (χ0) is 11.2. The second-order valence-corrected chi connectivity index (χ2v) is 6.26. The van der Waals surface area contributed by atoms with Crippen molar-refractivity contribution in [2.75, 3.05) is 18.1 Å². The van der Waals surface area contributed by atoms with Crippen LogP contribution in [0.1, 0.15) is 27.2 Å². The summed E-state index contributed by atoms with van der Waals surface area (Å²) in [5.74, 6) is 3.04. The van der Waals surface area contributed by atoms with Crippen molar-refractivity contribution in [3.8, 4) is 12.3 Å². The van der Waals surface area contributed by atoms with E-state index in [0.717, 1.165) is 0 Å². The van der Waals surface area contributed by atoms with E-state index in [0.29, 0.717) is 13.0 Å². The van der Waals surface area contributed by atoms with Crippen molar-refractivity contribution >= 4 is 9.84 Å².